The third-order valence-corrected chi connectivity index (χ3v) is 5.71. The number of nitrogens with two attached hydrogens (primary N) is 1. The molecule has 0 radical (unpaired) electrons. The van der Waals surface area contributed by atoms with Gasteiger partial charge in [-0.2, -0.15) is 0 Å². The quantitative estimate of drug-likeness (QED) is 0.675. The van der Waals surface area contributed by atoms with Crippen LogP contribution in [-0.4, -0.2) is 10.5 Å². The minimum Gasteiger partial charge on any atom is -0.366 e. The molecule has 3 nitrogen and oxygen atoms in total. The van der Waals surface area contributed by atoms with Crippen molar-refractivity contribution in [2.45, 2.75) is 52.0 Å². The van der Waals surface area contributed by atoms with Gasteiger partial charge in [-0.1, -0.05) is 38.0 Å². The summed E-state index contributed by atoms with van der Waals surface area (Å²) in [6, 6.07) is 12.7. The van der Waals surface area contributed by atoms with Crippen molar-refractivity contribution in [2.75, 3.05) is 0 Å². The second-order valence-electron chi connectivity index (χ2n) is 7.43. The first-order chi connectivity index (χ1) is 12.2. The zero-order valence-electron chi connectivity index (χ0n) is 14.9. The van der Waals surface area contributed by atoms with Crippen LogP contribution >= 0.6 is 0 Å². The summed E-state index contributed by atoms with van der Waals surface area (Å²) in [7, 11) is 0. The van der Waals surface area contributed by atoms with Gasteiger partial charge in [-0.05, 0) is 55.4 Å². The fraction of sp³-hybridized carbons (Fsp3) is 0.409. The van der Waals surface area contributed by atoms with E-state index < -0.39 is 0 Å². The topological polar surface area (TPSA) is 48.0 Å². The van der Waals surface area contributed by atoms with Crippen molar-refractivity contribution in [3.05, 3.63) is 47.5 Å². The zero-order valence-corrected chi connectivity index (χ0v) is 14.9. The normalized spacial score (nSPS) is 14.9. The zero-order chi connectivity index (χ0) is 17.4. The Labute approximate surface area is 148 Å². The number of benzene rings is 2. The second kappa shape index (κ2) is 6.55. The molecule has 1 aliphatic carbocycles. The van der Waals surface area contributed by atoms with E-state index in [1.54, 1.807) is 0 Å². The third kappa shape index (κ3) is 2.82. The standard InChI is InChI=1S/C22H26N2O/c1-2-3-6-15-11-12-17-20(13-15)24(14-16-7-4-8-16)19-10-5-9-18(21(17)19)22(23)25/h5,9-13,16H,2-4,6-8,14H2,1H3,(H2,23,25). The first-order valence-corrected chi connectivity index (χ1v) is 9.52. The van der Waals surface area contributed by atoms with Gasteiger partial charge in [-0.15, -0.1) is 0 Å². The number of primary amides is 1. The van der Waals surface area contributed by atoms with Crippen molar-refractivity contribution in [3.8, 4) is 0 Å². The molecule has 4 rings (SSSR count). The van der Waals surface area contributed by atoms with Crippen molar-refractivity contribution in [1.29, 1.82) is 0 Å². The monoisotopic (exact) mass is 334 g/mol. The van der Waals surface area contributed by atoms with E-state index in [0.717, 1.165) is 35.2 Å². The molecule has 0 aliphatic heterocycles. The van der Waals surface area contributed by atoms with E-state index in [1.807, 2.05) is 12.1 Å². The molecule has 1 saturated carbocycles. The number of fused-ring (bicyclic) bond motifs is 3. The summed E-state index contributed by atoms with van der Waals surface area (Å²) in [6.45, 7) is 3.27. The van der Waals surface area contributed by atoms with E-state index in [0.29, 0.717) is 5.56 Å². The Kier molecular flexibility index (Phi) is 4.24. The molecule has 0 saturated heterocycles. The van der Waals surface area contributed by atoms with Gasteiger partial charge in [0, 0.05) is 33.9 Å². The van der Waals surface area contributed by atoms with Gasteiger partial charge in [0.2, 0.25) is 5.91 Å². The van der Waals surface area contributed by atoms with Crippen molar-refractivity contribution in [2.24, 2.45) is 11.7 Å². The Morgan fingerprint density at radius 1 is 1.20 bits per heavy atom. The molecule has 2 N–H and O–H groups in total. The highest BCUT2D eigenvalue weighted by Crippen LogP contribution is 2.36. The molecule has 1 aromatic heterocycles. The molecule has 0 bridgehead atoms. The lowest BCUT2D eigenvalue weighted by atomic mass is 9.85. The molecule has 0 atom stereocenters. The molecule has 0 spiro atoms. The maximum atomic E-state index is 12.0. The Balaban J connectivity index is 1.94. The van der Waals surface area contributed by atoms with Crippen molar-refractivity contribution in [3.63, 3.8) is 0 Å². The lowest BCUT2D eigenvalue weighted by molar-refractivity contribution is 0.100. The lowest BCUT2D eigenvalue weighted by Gasteiger charge is -2.26. The van der Waals surface area contributed by atoms with Gasteiger partial charge >= 0.3 is 0 Å². The predicted octanol–water partition coefficient (Wildman–Crippen LogP) is 5.04. The molecule has 1 amide bonds. The molecule has 1 heterocycles. The van der Waals surface area contributed by atoms with Crippen LogP contribution in [0.1, 0.15) is 54.9 Å². The summed E-state index contributed by atoms with van der Waals surface area (Å²) >= 11 is 0. The highest BCUT2D eigenvalue weighted by Gasteiger charge is 2.22. The Morgan fingerprint density at radius 2 is 2.04 bits per heavy atom. The van der Waals surface area contributed by atoms with Crippen LogP contribution in [0.15, 0.2) is 36.4 Å². The second-order valence-corrected chi connectivity index (χ2v) is 7.43. The number of unbranched alkanes of at least 4 members (excludes halogenated alkanes) is 1. The summed E-state index contributed by atoms with van der Waals surface area (Å²) in [5.41, 5.74) is 10.1. The minimum absolute atomic E-state index is 0.344. The minimum atomic E-state index is -0.344. The van der Waals surface area contributed by atoms with Crippen molar-refractivity contribution < 1.29 is 4.79 Å². The fourth-order valence-electron chi connectivity index (χ4n) is 4.06. The van der Waals surface area contributed by atoms with E-state index in [9.17, 15) is 4.79 Å². The van der Waals surface area contributed by atoms with Crippen molar-refractivity contribution >= 4 is 27.7 Å². The molecule has 3 heteroatoms. The largest absolute Gasteiger partial charge is 0.366 e. The number of hydrogen-bond acceptors (Lipinski definition) is 1. The number of amides is 1. The smallest absolute Gasteiger partial charge is 0.249 e. The number of aryl methyl sites for hydroxylation is 1. The summed E-state index contributed by atoms with van der Waals surface area (Å²) in [5.74, 6) is 0.415. The van der Waals surface area contributed by atoms with Gasteiger partial charge in [0.15, 0.2) is 0 Å². The summed E-state index contributed by atoms with van der Waals surface area (Å²) in [4.78, 5) is 12.0. The molecule has 2 aromatic carbocycles. The third-order valence-electron chi connectivity index (χ3n) is 5.71. The summed E-state index contributed by atoms with van der Waals surface area (Å²) < 4.78 is 2.43. The molecule has 25 heavy (non-hydrogen) atoms. The molecular formula is C22H26N2O. The van der Waals surface area contributed by atoms with Crippen LogP contribution < -0.4 is 5.73 Å². The van der Waals surface area contributed by atoms with E-state index >= 15 is 0 Å². The van der Waals surface area contributed by atoms with Crippen LogP contribution in [0, 0.1) is 5.92 Å². The Bertz CT molecular complexity index is 934. The van der Waals surface area contributed by atoms with Crippen LogP contribution in [0.25, 0.3) is 21.8 Å². The van der Waals surface area contributed by atoms with Gasteiger partial charge < -0.3 is 10.3 Å². The predicted molar refractivity (Wildman–Crippen MR) is 104 cm³/mol. The number of nitrogens with zero attached hydrogens (tertiary/aromatic N) is 1. The highest BCUT2D eigenvalue weighted by molar-refractivity contribution is 6.17. The molecule has 1 aliphatic rings. The summed E-state index contributed by atoms with van der Waals surface area (Å²) in [6.07, 6.45) is 7.49. The first kappa shape index (κ1) is 16.2. The van der Waals surface area contributed by atoms with E-state index in [1.165, 1.54) is 43.2 Å². The number of aromatic nitrogens is 1. The maximum Gasteiger partial charge on any atom is 0.249 e. The van der Waals surface area contributed by atoms with Gasteiger partial charge in [0.05, 0.1) is 0 Å². The Hall–Kier alpha value is -2.29. The fourth-order valence-corrected chi connectivity index (χ4v) is 4.06. The molecule has 130 valence electrons. The van der Waals surface area contributed by atoms with Gasteiger partial charge in [0.1, 0.15) is 0 Å². The number of carbonyl (C=O) groups is 1. The van der Waals surface area contributed by atoms with Crippen LogP contribution in [0.2, 0.25) is 0 Å². The first-order valence-electron chi connectivity index (χ1n) is 9.52. The van der Waals surface area contributed by atoms with Gasteiger partial charge in [-0.25, -0.2) is 0 Å². The lowest BCUT2D eigenvalue weighted by Crippen LogP contribution is -2.18. The van der Waals surface area contributed by atoms with Crippen LogP contribution in [0.4, 0.5) is 0 Å². The van der Waals surface area contributed by atoms with Crippen LogP contribution in [0.3, 0.4) is 0 Å². The number of carbonyl (C=O) groups excluding carboxylic acids is 1. The molecule has 1 fully saturated rings. The average Bonchev–Trinajstić information content (AvgIpc) is 2.89. The molecule has 0 unspecified atom stereocenters. The highest BCUT2D eigenvalue weighted by atomic mass is 16.1. The van der Waals surface area contributed by atoms with Crippen LogP contribution in [0.5, 0.6) is 0 Å². The van der Waals surface area contributed by atoms with E-state index in [-0.39, 0.29) is 5.91 Å². The Morgan fingerprint density at radius 3 is 2.72 bits per heavy atom. The maximum absolute atomic E-state index is 12.0. The molecule has 3 aromatic rings. The SMILES string of the molecule is CCCCc1ccc2c3c(C(N)=O)cccc3n(CC3CCC3)c2c1. The van der Waals surface area contributed by atoms with Crippen molar-refractivity contribution in [1.82, 2.24) is 4.57 Å². The average molecular weight is 334 g/mol. The number of rotatable bonds is 6. The van der Waals surface area contributed by atoms with Gasteiger partial charge in [-0.3, -0.25) is 4.79 Å². The summed E-state index contributed by atoms with van der Waals surface area (Å²) in [5, 5.41) is 2.18. The van der Waals surface area contributed by atoms with Gasteiger partial charge in [0.25, 0.3) is 0 Å². The van der Waals surface area contributed by atoms with Crippen LogP contribution in [-0.2, 0) is 13.0 Å². The van der Waals surface area contributed by atoms with E-state index in [2.05, 4.69) is 35.8 Å². The molecular weight excluding hydrogens is 308 g/mol. The number of hydrogen-bond donors (Lipinski definition) is 1. The van der Waals surface area contributed by atoms with E-state index in [4.69, 9.17) is 5.73 Å².